The summed E-state index contributed by atoms with van der Waals surface area (Å²) in [5, 5.41) is 0. The van der Waals surface area contributed by atoms with Crippen LogP contribution in [-0.2, 0) is 55.0 Å². The Morgan fingerprint density at radius 1 is 0.328 bits per heavy atom. The van der Waals surface area contributed by atoms with Gasteiger partial charge in [-0.1, -0.05) is 40.0 Å². The molecule has 350 valence electrons. The quantitative estimate of drug-likeness (QED) is 0.0429. The Balaban J connectivity index is 4.92. The van der Waals surface area contributed by atoms with Crippen LogP contribution >= 0.6 is 0 Å². The zero-order valence-electron chi connectivity index (χ0n) is 39.3. The minimum Gasteiger partial charge on any atom is -0.439 e. The third-order valence-electron chi connectivity index (χ3n) is 8.92. The Hall–Kier alpha value is 0.388. The van der Waals surface area contributed by atoms with Gasteiger partial charge < -0.3 is 55.0 Å². The van der Waals surface area contributed by atoms with Crippen LogP contribution in [-0.4, -0.2) is 153 Å². The summed E-state index contributed by atoms with van der Waals surface area (Å²) in [5.41, 5.74) is 0. The molecule has 0 N–H and O–H groups in total. The van der Waals surface area contributed by atoms with Crippen LogP contribution in [0, 0.1) is 0 Å². The van der Waals surface area contributed by atoms with E-state index in [9.17, 15) is 0 Å². The maximum Gasteiger partial charge on any atom is 0.315 e. The van der Waals surface area contributed by atoms with Gasteiger partial charge in [-0.25, -0.2) is 0 Å². The second kappa shape index (κ2) is 41.4. The number of hydrogen-bond donors (Lipinski definition) is 0. The molecule has 58 heavy (non-hydrogen) atoms. The van der Waals surface area contributed by atoms with Crippen molar-refractivity contribution in [3.63, 3.8) is 0 Å². The van der Waals surface area contributed by atoms with Crippen LogP contribution in [0.5, 0.6) is 0 Å². The molecule has 3 atom stereocenters. The van der Waals surface area contributed by atoms with Crippen molar-refractivity contribution in [2.75, 3.05) is 119 Å². The van der Waals surface area contributed by atoms with E-state index in [0.717, 1.165) is 135 Å². The summed E-state index contributed by atoms with van der Waals surface area (Å²) in [7, 11) is -8.63. The third-order valence-corrected chi connectivity index (χ3v) is 23.9. The minimum absolute atomic E-state index is 0.587. The zero-order chi connectivity index (χ0) is 42.9. The summed E-state index contributed by atoms with van der Waals surface area (Å²) >= 11 is 0. The highest BCUT2D eigenvalue weighted by Gasteiger charge is 2.45. The van der Waals surface area contributed by atoms with E-state index in [1.54, 1.807) is 0 Å². The van der Waals surface area contributed by atoms with Crippen molar-refractivity contribution < 1.29 is 55.0 Å². The van der Waals surface area contributed by atoms with Crippen LogP contribution in [0.4, 0.5) is 0 Å². The fourth-order valence-electron chi connectivity index (χ4n) is 6.11. The lowest BCUT2D eigenvalue weighted by Gasteiger charge is -2.41. The predicted octanol–water partition coefficient (Wildman–Crippen LogP) is 9.26. The van der Waals surface area contributed by atoms with Gasteiger partial charge in [0.1, 0.15) is 0 Å². The normalized spacial score (nSPS) is 14.8. The summed E-state index contributed by atoms with van der Waals surface area (Å²) in [6.07, 6.45) is 12.3. The fourth-order valence-corrected chi connectivity index (χ4v) is 24.0. The molecule has 0 saturated carbocycles. The van der Waals surface area contributed by atoms with Crippen LogP contribution in [0.25, 0.3) is 0 Å². The van der Waals surface area contributed by atoms with Crippen molar-refractivity contribution in [1.29, 1.82) is 0 Å². The van der Waals surface area contributed by atoms with E-state index in [2.05, 4.69) is 60.1 Å². The molecule has 0 fully saturated rings. The van der Waals surface area contributed by atoms with E-state index in [4.69, 9.17) is 55.0 Å². The van der Waals surface area contributed by atoms with E-state index in [-0.39, 0.29) is 0 Å². The van der Waals surface area contributed by atoms with Gasteiger partial charge in [0.15, 0.2) is 17.4 Å². The number of hydrogen-bond acceptors (Lipinski definition) is 12. The summed E-state index contributed by atoms with van der Waals surface area (Å²) in [6, 6.07) is 2.77. The first-order valence-corrected chi connectivity index (χ1v) is 34.2. The predicted molar refractivity (Wildman–Crippen MR) is 247 cm³/mol. The molecule has 0 aliphatic carbocycles. The highest BCUT2D eigenvalue weighted by Crippen LogP contribution is 2.30. The highest BCUT2D eigenvalue weighted by atomic mass is 28.5. The minimum atomic E-state index is -2.60. The average molecular weight is 904 g/mol. The molecule has 0 aliphatic rings. The van der Waals surface area contributed by atoms with Gasteiger partial charge in [0.25, 0.3) is 0 Å². The molecule has 0 amide bonds. The van der Waals surface area contributed by atoms with Crippen LogP contribution in [0.15, 0.2) is 0 Å². The van der Waals surface area contributed by atoms with Crippen molar-refractivity contribution in [2.24, 2.45) is 0 Å². The first kappa shape index (κ1) is 58.4. The van der Waals surface area contributed by atoms with Crippen LogP contribution in [0.2, 0.25) is 57.4 Å². The van der Waals surface area contributed by atoms with Crippen molar-refractivity contribution in [1.82, 2.24) is 0 Å². The summed E-state index contributed by atoms with van der Waals surface area (Å²) < 4.78 is 73.2. The molecular weight excluding hydrogens is 809 g/mol. The third kappa shape index (κ3) is 41.7. The smallest absolute Gasteiger partial charge is 0.315 e. The van der Waals surface area contributed by atoms with Gasteiger partial charge in [0.05, 0.1) is 39.6 Å². The van der Waals surface area contributed by atoms with E-state index in [0.29, 0.717) is 72.7 Å². The molecule has 0 aromatic heterocycles. The SMILES string of the molecule is CCCCOCCCOCCOCCC[SiH](C)O[Si](C)(CCCOCCOCCCOCCCC)O[Si](C)(CCCOCCOCCCOCCCC)O[Si](C)(C)C. The van der Waals surface area contributed by atoms with E-state index < -0.39 is 34.5 Å². The first-order chi connectivity index (χ1) is 28.0. The van der Waals surface area contributed by atoms with Crippen molar-refractivity contribution in [2.45, 2.75) is 155 Å². The second-order valence-electron chi connectivity index (χ2n) is 16.5. The van der Waals surface area contributed by atoms with Gasteiger partial charge in [0, 0.05) is 79.3 Å². The largest absolute Gasteiger partial charge is 0.439 e. The molecule has 0 saturated heterocycles. The molecule has 0 bridgehead atoms. The maximum atomic E-state index is 7.27. The van der Waals surface area contributed by atoms with Gasteiger partial charge in [-0.2, -0.15) is 0 Å². The summed E-state index contributed by atoms with van der Waals surface area (Å²) in [4.78, 5) is 0. The van der Waals surface area contributed by atoms with Crippen LogP contribution in [0.3, 0.4) is 0 Å². The molecule has 0 aromatic rings. The average Bonchev–Trinajstić information content (AvgIpc) is 3.16. The molecule has 12 nitrogen and oxygen atoms in total. The van der Waals surface area contributed by atoms with E-state index in [1.807, 2.05) is 0 Å². The Kier molecular flexibility index (Phi) is 41.7. The number of ether oxygens (including phenoxy) is 9. The number of rotatable bonds is 48. The Labute approximate surface area is 362 Å². The molecule has 3 unspecified atom stereocenters. The molecular formula is C42H94O12Si4. The van der Waals surface area contributed by atoms with Gasteiger partial charge in [-0.3, -0.25) is 0 Å². The Morgan fingerprint density at radius 3 is 0.966 bits per heavy atom. The standard InChI is InChI=1S/C42H94O12Si4/c1-10-13-22-43-25-16-28-46-34-37-49-31-19-40-55(4)52-57(8,41-20-32-50-38-35-47-29-17-26-44-23-14-11-2)54-58(9,53-56(5,6)7)42-21-33-51-39-36-48-30-18-27-45-24-15-12-3/h55H,10-42H2,1-9H3. The summed E-state index contributed by atoms with van der Waals surface area (Å²) in [5.74, 6) is 0. The lowest BCUT2D eigenvalue weighted by molar-refractivity contribution is 0.0351. The molecule has 0 spiro atoms. The lowest BCUT2D eigenvalue weighted by Crippen LogP contribution is -2.57. The van der Waals surface area contributed by atoms with Crippen LogP contribution in [0.1, 0.15) is 97.8 Å². The Morgan fingerprint density at radius 2 is 0.621 bits per heavy atom. The lowest BCUT2D eigenvalue weighted by atomic mass is 10.4. The first-order valence-electron chi connectivity index (χ1n) is 23.3. The number of unbranched alkanes of at least 4 members (excludes halogenated alkanes) is 3. The van der Waals surface area contributed by atoms with Gasteiger partial charge in [0.2, 0.25) is 0 Å². The van der Waals surface area contributed by atoms with Crippen molar-refractivity contribution in [3.05, 3.63) is 0 Å². The molecule has 0 aliphatic heterocycles. The van der Waals surface area contributed by atoms with Crippen molar-refractivity contribution >= 4 is 34.5 Å². The summed E-state index contributed by atoms with van der Waals surface area (Å²) in [6.45, 7) is 32.7. The molecule has 0 radical (unpaired) electrons. The second-order valence-corrected chi connectivity index (χ2v) is 31.0. The zero-order valence-corrected chi connectivity index (χ0v) is 43.5. The maximum absolute atomic E-state index is 7.27. The molecule has 0 rings (SSSR count). The van der Waals surface area contributed by atoms with Gasteiger partial charge in [-0.05, 0) is 115 Å². The monoisotopic (exact) mass is 903 g/mol. The Bertz CT molecular complexity index is 851. The highest BCUT2D eigenvalue weighted by molar-refractivity contribution is 6.88. The van der Waals surface area contributed by atoms with Crippen molar-refractivity contribution in [3.8, 4) is 0 Å². The van der Waals surface area contributed by atoms with Gasteiger partial charge in [-0.15, -0.1) is 0 Å². The van der Waals surface area contributed by atoms with Gasteiger partial charge >= 0.3 is 17.1 Å². The fraction of sp³-hybridized carbons (Fsp3) is 1.00. The molecule has 0 aromatic carbocycles. The molecule has 0 heterocycles. The van der Waals surface area contributed by atoms with E-state index >= 15 is 0 Å². The molecule has 16 heteroatoms. The van der Waals surface area contributed by atoms with Crippen LogP contribution < -0.4 is 0 Å². The topological polar surface area (TPSA) is 111 Å². The van der Waals surface area contributed by atoms with E-state index in [1.165, 1.54) is 6.42 Å².